The van der Waals surface area contributed by atoms with Crippen molar-refractivity contribution in [1.82, 2.24) is 5.32 Å². The minimum Gasteiger partial charge on any atom is -0.370 e. The molecule has 12 heavy (non-hydrogen) atoms. The monoisotopic (exact) mass is 191 g/mol. The zero-order chi connectivity index (χ0) is 9.40. The second-order valence-corrected chi connectivity index (χ2v) is 4.03. The standard InChI is InChI=1S/C7H17N3OS/c1-3-4-9-7(8)10-5-6-12(2)11/h3-6H2,1-2H3,(H3,8,9,10). The Morgan fingerprint density at radius 2 is 2.33 bits per heavy atom. The summed E-state index contributed by atoms with van der Waals surface area (Å²) < 4.78 is 10.6. The molecule has 0 aliphatic carbocycles. The summed E-state index contributed by atoms with van der Waals surface area (Å²) in [7, 11) is -0.761. The van der Waals surface area contributed by atoms with Crippen LogP contribution in [0.15, 0.2) is 4.99 Å². The van der Waals surface area contributed by atoms with Crippen molar-refractivity contribution in [2.45, 2.75) is 13.3 Å². The molecule has 4 nitrogen and oxygen atoms in total. The predicted octanol–water partition coefficient (Wildman–Crippen LogP) is -0.321. The molecule has 0 aromatic heterocycles. The van der Waals surface area contributed by atoms with Gasteiger partial charge < -0.3 is 11.1 Å². The maximum absolute atomic E-state index is 10.6. The van der Waals surface area contributed by atoms with Crippen LogP contribution in [0.25, 0.3) is 0 Å². The van der Waals surface area contributed by atoms with E-state index in [0.717, 1.165) is 13.0 Å². The Bertz CT molecular complexity index is 170. The van der Waals surface area contributed by atoms with E-state index in [9.17, 15) is 4.21 Å². The van der Waals surface area contributed by atoms with Gasteiger partial charge >= 0.3 is 0 Å². The van der Waals surface area contributed by atoms with Crippen LogP contribution in [0.2, 0.25) is 0 Å². The van der Waals surface area contributed by atoms with Gasteiger partial charge in [-0.15, -0.1) is 0 Å². The van der Waals surface area contributed by atoms with Crippen molar-refractivity contribution in [3.63, 3.8) is 0 Å². The molecule has 0 aliphatic heterocycles. The maximum atomic E-state index is 10.6. The first-order valence-electron chi connectivity index (χ1n) is 4.00. The lowest BCUT2D eigenvalue weighted by Gasteiger charge is -2.02. The summed E-state index contributed by atoms with van der Waals surface area (Å²) in [4.78, 5) is 4.02. The number of nitrogens with one attached hydrogen (secondary N) is 1. The lowest BCUT2D eigenvalue weighted by atomic mass is 10.5. The van der Waals surface area contributed by atoms with Crippen LogP contribution >= 0.6 is 0 Å². The summed E-state index contributed by atoms with van der Waals surface area (Å²) >= 11 is 0. The van der Waals surface area contributed by atoms with E-state index in [4.69, 9.17) is 5.73 Å². The lowest BCUT2D eigenvalue weighted by Crippen LogP contribution is -2.34. The number of aliphatic imine (C=N–C) groups is 1. The highest BCUT2D eigenvalue weighted by molar-refractivity contribution is 7.84. The zero-order valence-corrected chi connectivity index (χ0v) is 8.49. The Morgan fingerprint density at radius 1 is 1.67 bits per heavy atom. The number of nitrogens with zero attached hydrogens (tertiary/aromatic N) is 1. The third kappa shape index (κ3) is 7.53. The molecular weight excluding hydrogens is 174 g/mol. The maximum Gasteiger partial charge on any atom is 0.188 e. The summed E-state index contributed by atoms with van der Waals surface area (Å²) in [6.07, 6.45) is 2.66. The first-order valence-corrected chi connectivity index (χ1v) is 5.73. The van der Waals surface area contributed by atoms with Gasteiger partial charge in [0.1, 0.15) is 0 Å². The van der Waals surface area contributed by atoms with Crippen molar-refractivity contribution in [2.24, 2.45) is 10.7 Å². The van der Waals surface area contributed by atoms with E-state index in [1.165, 1.54) is 0 Å². The van der Waals surface area contributed by atoms with Crippen molar-refractivity contribution in [3.8, 4) is 0 Å². The zero-order valence-electron chi connectivity index (χ0n) is 7.67. The van der Waals surface area contributed by atoms with Crippen LogP contribution in [0, 0.1) is 0 Å². The van der Waals surface area contributed by atoms with E-state index in [2.05, 4.69) is 10.3 Å². The first-order chi connectivity index (χ1) is 5.66. The summed E-state index contributed by atoms with van der Waals surface area (Å²) in [5.41, 5.74) is 5.49. The van der Waals surface area contributed by atoms with E-state index in [0.29, 0.717) is 18.3 Å². The van der Waals surface area contributed by atoms with Crippen LogP contribution in [0.1, 0.15) is 13.3 Å². The van der Waals surface area contributed by atoms with Crippen molar-refractivity contribution in [2.75, 3.05) is 25.1 Å². The predicted molar refractivity (Wildman–Crippen MR) is 53.7 cm³/mol. The van der Waals surface area contributed by atoms with E-state index in [1.54, 1.807) is 6.26 Å². The summed E-state index contributed by atoms with van der Waals surface area (Å²) in [5.74, 6) is 1.06. The Balaban J connectivity index is 3.42. The Morgan fingerprint density at radius 3 is 2.83 bits per heavy atom. The number of hydrogen-bond acceptors (Lipinski definition) is 2. The van der Waals surface area contributed by atoms with Gasteiger partial charge in [-0.1, -0.05) is 6.92 Å². The van der Waals surface area contributed by atoms with Crippen LogP contribution in [0.4, 0.5) is 0 Å². The highest BCUT2D eigenvalue weighted by atomic mass is 32.2. The fourth-order valence-electron chi connectivity index (χ4n) is 0.611. The molecule has 0 aromatic carbocycles. The minimum atomic E-state index is -0.761. The van der Waals surface area contributed by atoms with Crippen molar-refractivity contribution in [1.29, 1.82) is 0 Å². The molecule has 0 aromatic rings. The quantitative estimate of drug-likeness (QED) is 0.462. The molecule has 0 rings (SSSR count). The summed E-state index contributed by atoms with van der Waals surface area (Å²) in [5, 5.41) is 2.88. The van der Waals surface area contributed by atoms with Crippen LogP contribution in [-0.2, 0) is 10.8 Å². The van der Waals surface area contributed by atoms with E-state index in [-0.39, 0.29) is 0 Å². The largest absolute Gasteiger partial charge is 0.370 e. The molecule has 1 unspecified atom stereocenters. The molecule has 0 bridgehead atoms. The normalized spacial score (nSPS) is 14.3. The highest BCUT2D eigenvalue weighted by Gasteiger charge is 1.92. The summed E-state index contributed by atoms with van der Waals surface area (Å²) in [6.45, 7) is 3.41. The molecule has 72 valence electrons. The van der Waals surface area contributed by atoms with Crippen LogP contribution in [0.3, 0.4) is 0 Å². The molecule has 0 heterocycles. The Labute approximate surface area is 76.1 Å². The van der Waals surface area contributed by atoms with Crippen LogP contribution < -0.4 is 11.1 Å². The number of nitrogens with two attached hydrogens (primary N) is 1. The molecule has 0 fully saturated rings. The third-order valence-corrected chi connectivity index (χ3v) is 1.98. The molecule has 0 spiro atoms. The summed E-state index contributed by atoms with van der Waals surface area (Å²) in [6, 6.07) is 0. The second kappa shape index (κ2) is 7.09. The van der Waals surface area contributed by atoms with Gasteiger partial charge in [0.15, 0.2) is 5.96 Å². The average Bonchev–Trinajstić information content (AvgIpc) is 2.00. The average molecular weight is 191 g/mol. The lowest BCUT2D eigenvalue weighted by molar-refractivity contribution is 0.685. The van der Waals surface area contributed by atoms with Gasteiger partial charge in [0, 0.05) is 35.9 Å². The molecule has 0 amide bonds. The Kier molecular flexibility index (Phi) is 6.75. The topological polar surface area (TPSA) is 67.5 Å². The van der Waals surface area contributed by atoms with Gasteiger partial charge in [-0.05, 0) is 6.42 Å². The molecular formula is C7H17N3OS. The van der Waals surface area contributed by atoms with Crippen LogP contribution in [-0.4, -0.2) is 35.3 Å². The van der Waals surface area contributed by atoms with E-state index < -0.39 is 10.8 Å². The number of rotatable bonds is 5. The molecule has 1 atom stereocenters. The van der Waals surface area contributed by atoms with Crippen molar-refractivity contribution >= 4 is 16.8 Å². The first kappa shape index (κ1) is 11.4. The number of guanidine groups is 1. The van der Waals surface area contributed by atoms with Gasteiger partial charge in [-0.2, -0.15) is 0 Å². The van der Waals surface area contributed by atoms with Crippen molar-refractivity contribution < 1.29 is 4.21 Å². The SMILES string of the molecule is CCCN=C(N)NCCS(C)=O. The fourth-order valence-corrected chi connectivity index (χ4v) is 1.00. The van der Waals surface area contributed by atoms with Gasteiger partial charge in [0.05, 0.1) is 0 Å². The smallest absolute Gasteiger partial charge is 0.188 e. The molecule has 3 N–H and O–H groups in total. The highest BCUT2D eigenvalue weighted by Crippen LogP contribution is 1.76. The fraction of sp³-hybridized carbons (Fsp3) is 0.857. The van der Waals surface area contributed by atoms with Gasteiger partial charge in [-0.25, -0.2) is 0 Å². The molecule has 5 heteroatoms. The third-order valence-electron chi connectivity index (χ3n) is 1.20. The second-order valence-electron chi connectivity index (χ2n) is 2.47. The Hall–Kier alpha value is -0.580. The van der Waals surface area contributed by atoms with E-state index >= 15 is 0 Å². The van der Waals surface area contributed by atoms with Gasteiger partial charge in [0.2, 0.25) is 0 Å². The van der Waals surface area contributed by atoms with Gasteiger partial charge in [-0.3, -0.25) is 9.20 Å². The molecule has 0 saturated heterocycles. The van der Waals surface area contributed by atoms with Crippen molar-refractivity contribution in [3.05, 3.63) is 0 Å². The number of hydrogen-bond donors (Lipinski definition) is 2. The minimum absolute atomic E-state index is 0.447. The van der Waals surface area contributed by atoms with Crippen LogP contribution in [0.5, 0.6) is 0 Å². The van der Waals surface area contributed by atoms with E-state index in [1.807, 2.05) is 6.92 Å². The molecule has 0 radical (unpaired) electrons. The molecule has 0 aliphatic rings. The molecule has 0 saturated carbocycles. The van der Waals surface area contributed by atoms with Gasteiger partial charge in [0.25, 0.3) is 0 Å².